The van der Waals surface area contributed by atoms with Gasteiger partial charge in [0.25, 0.3) is 0 Å². The molecule has 21 heavy (non-hydrogen) atoms. The first-order chi connectivity index (χ1) is 10.2. The van der Waals surface area contributed by atoms with E-state index in [0.29, 0.717) is 24.5 Å². The van der Waals surface area contributed by atoms with Gasteiger partial charge in [0, 0.05) is 0 Å². The highest BCUT2D eigenvalue weighted by Crippen LogP contribution is 2.30. The summed E-state index contributed by atoms with van der Waals surface area (Å²) in [6.45, 7) is 0.384. The largest absolute Gasteiger partial charge is 0.493 e. The Morgan fingerprint density at radius 3 is 2.57 bits per heavy atom. The van der Waals surface area contributed by atoms with Crippen LogP contribution in [-0.2, 0) is 16.1 Å². The zero-order valence-electron chi connectivity index (χ0n) is 12.5. The monoisotopic (exact) mass is 294 g/mol. The molecule has 1 aliphatic rings. The summed E-state index contributed by atoms with van der Waals surface area (Å²) in [7, 11) is 3.18. The molecule has 0 bridgehead atoms. The van der Waals surface area contributed by atoms with Crippen molar-refractivity contribution >= 4 is 5.97 Å². The van der Waals surface area contributed by atoms with Gasteiger partial charge < -0.3 is 19.3 Å². The number of rotatable bonds is 6. The first-order valence-electron chi connectivity index (χ1n) is 7.21. The summed E-state index contributed by atoms with van der Waals surface area (Å²) >= 11 is 0. The summed E-state index contributed by atoms with van der Waals surface area (Å²) in [6.07, 6.45) is 3.30. The van der Waals surface area contributed by atoms with Crippen molar-refractivity contribution in [2.45, 2.75) is 38.4 Å². The van der Waals surface area contributed by atoms with E-state index in [2.05, 4.69) is 0 Å². The molecular weight excluding hydrogens is 272 g/mol. The number of carboxylic acids is 1. The van der Waals surface area contributed by atoms with Gasteiger partial charge in [0.1, 0.15) is 0 Å². The molecule has 1 fully saturated rings. The third kappa shape index (κ3) is 3.88. The fourth-order valence-electron chi connectivity index (χ4n) is 2.75. The van der Waals surface area contributed by atoms with Crippen molar-refractivity contribution in [1.82, 2.24) is 0 Å². The van der Waals surface area contributed by atoms with Crippen molar-refractivity contribution in [3.05, 3.63) is 23.8 Å². The number of methoxy groups -OCH3 is 2. The van der Waals surface area contributed by atoms with Gasteiger partial charge in [-0.2, -0.15) is 0 Å². The molecule has 1 aliphatic carbocycles. The molecule has 116 valence electrons. The Morgan fingerprint density at radius 1 is 1.19 bits per heavy atom. The lowest BCUT2D eigenvalue weighted by Crippen LogP contribution is -2.33. The molecule has 0 aromatic heterocycles. The lowest BCUT2D eigenvalue weighted by atomic mass is 9.86. The summed E-state index contributed by atoms with van der Waals surface area (Å²) in [6, 6.07) is 5.59. The number of benzene rings is 1. The quantitative estimate of drug-likeness (QED) is 0.874. The van der Waals surface area contributed by atoms with Gasteiger partial charge in [0.15, 0.2) is 11.5 Å². The van der Waals surface area contributed by atoms with Crippen molar-refractivity contribution in [2.24, 2.45) is 5.92 Å². The number of carbonyl (C=O) groups is 1. The standard InChI is InChI=1S/C16H22O5/c1-19-14-8-7-11(9-15(14)20-2)10-21-13-6-4-3-5-12(13)16(17)18/h7-9,12-13H,3-6,10H2,1-2H3,(H,17,18)/t12-,13-/m1/s1. The fraction of sp³-hybridized carbons (Fsp3) is 0.562. The highest BCUT2D eigenvalue weighted by atomic mass is 16.5. The lowest BCUT2D eigenvalue weighted by molar-refractivity contribution is -0.150. The van der Waals surface area contributed by atoms with Crippen LogP contribution in [0.25, 0.3) is 0 Å². The van der Waals surface area contributed by atoms with E-state index in [-0.39, 0.29) is 12.0 Å². The molecule has 5 nitrogen and oxygen atoms in total. The molecule has 0 radical (unpaired) electrons. The molecule has 2 atom stereocenters. The van der Waals surface area contributed by atoms with E-state index in [0.717, 1.165) is 24.8 Å². The van der Waals surface area contributed by atoms with Crippen molar-refractivity contribution in [1.29, 1.82) is 0 Å². The Balaban J connectivity index is 2.00. The second kappa shape index (κ2) is 7.31. The Labute approximate surface area is 124 Å². The average Bonchev–Trinajstić information content (AvgIpc) is 2.52. The van der Waals surface area contributed by atoms with Crippen LogP contribution in [0.4, 0.5) is 0 Å². The van der Waals surface area contributed by atoms with Crippen LogP contribution in [0.15, 0.2) is 18.2 Å². The third-order valence-corrected chi connectivity index (χ3v) is 3.93. The number of hydrogen-bond acceptors (Lipinski definition) is 4. The summed E-state index contributed by atoms with van der Waals surface area (Å²) in [4.78, 5) is 11.2. The third-order valence-electron chi connectivity index (χ3n) is 3.93. The minimum Gasteiger partial charge on any atom is -0.493 e. The van der Waals surface area contributed by atoms with E-state index >= 15 is 0 Å². The van der Waals surface area contributed by atoms with Crippen molar-refractivity contribution in [3.8, 4) is 11.5 Å². The molecule has 1 aromatic carbocycles. The van der Waals surface area contributed by atoms with Crippen LogP contribution in [0, 0.1) is 5.92 Å². The molecule has 0 saturated heterocycles. The summed E-state index contributed by atoms with van der Waals surface area (Å²) in [5.41, 5.74) is 0.947. The Hall–Kier alpha value is -1.75. The van der Waals surface area contributed by atoms with Crippen molar-refractivity contribution in [2.75, 3.05) is 14.2 Å². The van der Waals surface area contributed by atoms with E-state index in [4.69, 9.17) is 14.2 Å². The van der Waals surface area contributed by atoms with Gasteiger partial charge in [-0.25, -0.2) is 0 Å². The van der Waals surface area contributed by atoms with Gasteiger partial charge in [-0.15, -0.1) is 0 Å². The Kier molecular flexibility index (Phi) is 5.44. The zero-order chi connectivity index (χ0) is 15.2. The lowest BCUT2D eigenvalue weighted by Gasteiger charge is -2.28. The number of ether oxygens (including phenoxy) is 3. The maximum atomic E-state index is 11.2. The van der Waals surface area contributed by atoms with Crippen LogP contribution in [0.2, 0.25) is 0 Å². The fourth-order valence-corrected chi connectivity index (χ4v) is 2.75. The molecule has 0 unspecified atom stereocenters. The SMILES string of the molecule is COc1ccc(CO[C@@H]2CCCC[C@H]2C(=O)O)cc1OC. The highest BCUT2D eigenvalue weighted by molar-refractivity contribution is 5.70. The Morgan fingerprint density at radius 2 is 1.90 bits per heavy atom. The maximum Gasteiger partial charge on any atom is 0.309 e. The second-order valence-corrected chi connectivity index (χ2v) is 5.27. The van der Waals surface area contributed by atoms with E-state index in [1.54, 1.807) is 14.2 Å². The van der Waals surface area contributed by atoms with Gasteiger partial charge in [0.05, 0.1) is 32.8 Å². The predicted molar refractivity (Wildman–Crippen MR) is 77.7 cm³/mol. The van der Waals surface area contributed by atoms with Crippen LogP contribution in [0.5, 0.6) is 11.5 Å². The van der Waals surface area contributed by atoms with Crippen LogP contribution >= 0.6 is 0 Å². The minimum atomic E-state index is -0.757. The molecule has 1 N–H and O–H groups in total. The molecule has 0 aliphatic heterocycles. The topological polar surface area (TPSA) is 65.0 Å². The summed E-state index contributed by atoms with van der Waals surface area (Å²) < 4.78 is 16.3. The molecule has 2 rings (SSSR count). The highest BCUT2D eigenvalue weighted by Gasteiger charge is 2.31. The van der Waals surface area contributed by atoms with Gasteiger partial charge >= 0.3 is 5.97 Å². The molecule has 0 spiro atoms. The van der Waals surface area contributed by atoms with Gasteiger partial charge in [0.2, 0.25) is 0 Å². The van der Waals surface area contributed by atoms with Crippen molar-refractivity contribution in [3.63, 3.8) is 0 Å². The Bertz CT molecular complexity index is 486. The number of aliphatic carboxylic acids is 1. The first kappa shape index (κ1) is 15.6. The van der Waals surface area contributed by atoms with Crippen LogP contribution in [-0.4, -0.2) is 31.4 Å². The molecule has 1 saturated carbocycles. The van der Waals surface area contributed by atoms with Crippen LogP contribution in [0.3, 0.4) is 0 Å². The maximum absolute atomic E-state index is 11.2. The first-order valence-corrected chi connectivity index (χ1v) is 7.21. The van der Waals surface area contributed by atoms with E-state index in [9.17, 15) is 9.90 Å². The normalized spacial score (nSPS) is 21.8. The summed E-state index contributed by atoms with van der Waals surface area (Å²) in [5.74, 6) is 0.172. The van der Waals surface area contributed by atoms with E-state index in [1.807, 2.05) is 18.2 Å². The van der Waals surface area contributed by atoms with E-state index < -0.39 is 5.97 Å². The minimum absolute atomic E-state index is 0.204. The second-order valence-electron chi connectivity index (χ2n) is 5.27. The average molecular weight is 294 g/mol. The number of hydrogen-bond donors (Lipinski definition) is 1. The smallest absolute Gasteiger partial charge is 0.309 e. The van der Waals surface area contributed by atoms with Crippen molar-refractivity contribution < 1.29 is 24.1 Å². The van der Waals surface area contributed by atoms with E-state index in [1.165, 1.54) is 0 Å². The predicted octanol–water partition coefficient (Wildman–Crippen LogP) is 2.86. The van der Waals surface area contributed by atoms with Gasteiger partial charge in [-0.3, -0.25) is 4.79 Å². The van der Waals surface area contributed by atoms with Crippen LogP contribution < -0.4 is 9.47 Å². The summed E-state index contributed by atoms with van der Waals surface area (Å²) in [5, 5.41) is 9.24. The molecule has 1 aromatic rings. The zero-order valence-corrected chi connectivity index (χ0v) is 12.5. The molecule has 0 heterocycles. The van der Waals surface area contributed by atoms with Gasteiger partial charge in [-0.1, -0.05) is 18.9 Å². The molecular formula is C16H22O5. The molecule has 5 heteroatoms. The van der Waals surface area contributed by atoms with Crippen LogP contribution in [0.1, 0.15) is 31.2 Å². The number of carboxylic acid groups (broad SMARTS) is 1. The molecule has 0 amide bonds. The van der Waals surface area contributed by atoms with Gasteiger partial charge in [-0.05, 0) is 30.5 Å².